The van der Waals surface area contributed by atoms with Gasteiger partial charge in [0.2, 0.25) is 21.8 Å². The standard InChI is InChI=1S/C36H43N5O8S/c1-35(17-18-35)50(45,46)40-33(44)36-21-23(36)11-6-4-3-5-7-15-28(37-24-12-10-13-25(19-24)47-2)32(43)41-22-26(20-29(41)31(42)39-36)48-34-38-27-14-8-9-16-30(27)49-34/h6,8-14,16,19,23,26,28-29,37H,3-5,7,15,17-18,20-22H2,1-2H3,(H,39,42)(H,40,44)/b11-6-/t23-,26-,28+,29+,36-/m1/s1. The van der Waals surface area contributed by atoms with Crippen LogP contribution in [0.15, 0.2) is 65.1 Å². The summed E-state index contributed by atoms with van der Waals surface area (Å²) in [6.45, 7) is 1.68. The monoisotopic (exact) mass is 705 g/mol. The molecular weight excluding hydrogens is 662 g/mol. The van der Waals surface area contributed by atoms with Crippen LogP contribution in [0.4, 0.5) is 5.69 Å². The molecule has 3 heterocycles. The molecule has 3 amide bonds. The smallest absolute Gasteiger partial charge is 0.394 e. The topological polar surface area (TPSA) is 169 Å². The number of rotatable bonds is 8. The lowest BCUT2D eigenvalue weighted by Gasteiger charge is -2.30. The number of benzene rings is 2. The van der Waals surface area contributed by atoms with Crippen molar-refractivity contribution in [1.82, 2.24) is 19.9 Å². The Labute approximate surface area is 291 Å². The van der Waals surface area contributed by atoms with Gasteiger partial charge in [-0.25, -0.2) is 8.42 Å². The number of nitrogens with one attached hydrogen (secondary N) is 3. The summed E-state index contributed by atoms with van der Waals surface area (Å²) >= 11 is 0. The quantitative estimate of drug-likeness (QED) is 0.291. The van der Waals surface area contributed by atoms with Crippen LogP contribution in [-0.4, -0.2) is 78.2 Å². The molecule has 0 bridgehead atoms. The number of allylic oxidation sites excluding steroid dienone is 1. The number of carbonyl (C=O) groups excluding carboxylic acids is 3. The van der Waals surface area contributed by atoms with E-state index in [1.54, 1.807) is 26.2 Å². The third kappa shape index (κ3) is 6.77. The lowest BCUT2D eigenvalue weighted by Crippen LogP contribution is -2.58. The first-order valence-corrected chi connectivity index (χ1v) is 18.8. The highest BCUT2D eigenvalue weighted by molar-refractivity contribution is 7.91. The molecule has 3 aromatic rings. The van der Waals surface area contributed by atoms with Gasteiger partial charge >= 0.3 is 6.08 Å². The normalized spacial score (nSPS) is 28.6. The molecule has 3 fully saturated rings. The van der Waals surface area contributed by atoms with Gasteiger partial charge in [-0.05, 0) is 69.7 Å². The summed E-state index contributed by atoms with van der Waals surface area (Å²) in [7, 11) is -2.37. The molecule has 2 aliphatic heterocycles. The molecule has 14 heteroatoms. The molecule has 0 spiro atoms. The largest absolute Gasteiger partial charge is 0.497 e. The highest BCUT2D eigenvalue weighted by Crippen LogP contribution is 2.47. The van der Waals surface area contributed by atoms with Crippen LogP contribution in [-0.2, 0) is 24.4 Å². The number of carbonyl (C=O) groups is 3. The number of fused-ring (bicyclic) bond motifs is 3. The molecule has 5 atom stereocenters. The molecule has 0 radical (unpaired) electrons. The van der Waals surface area contributed by atoms with Gasteiger partial charge in [-0.2, -0.15) is 4.98 Å². The maximum Gasteiger partial charge on any atom is 0.394 e. The van der Waals surface area contributed by atoms with E-state index in [1.807, 2.05) is 48.6 Å². The summed E-state index contributed by atoms with van der Waals surface area (Å²) in [5.41, 5.74) is 0.396. The van der Waals surface area contributed by atoms with Crippen LogP contribution in [0.2, 0.25) is 0 Å². The molecule has 2 saturated carbocycles. The Hall–Kier alpha value is -4.59. The average Bonchev–Trinajstić information content (AvgIpc) is 3.90. The van der Waals surface area contributed by atoms with Gasteiger partial charge in [-0.1, -0.05) is 43.2 Å². The van der Waals surface area contributed by atoms with Crippen LogP contribution in [0.1, 0.15) is 64.7 Å². The predicted molar refractivity (Wildman–Crippen MR) is 185 cm³/mol. The minimum Gasteiger partial charge on any atom is -0.497 e. The van der Waals surface area contributed by atoms with Gasteiger partial charge in [0.15, 0.2) is 5.58 Å². The second-order valence-electron chi connectivity index (χ2n) is 14.1. The first-order valence-electron chi connectivity index (χ1n) is 17.3. The third-order valence-electron chi connectivity index (χ3n) is 10.4. The number of sulfonamides is 1. The Morgan fingerprint density at radius 3 is 2.70 bits per heavy atom. The number of nitrogens with zero attached hydrogens (tertiary/aromatic N) is 2. The number of para-hydroxylation sites is 2. The molecule has 3 N–H and O–H groups in total. The Morgan fingerprint density at radius 1 is 1.10 bits per heavy atom. The lowest BCUT2D eigenvalue weighted by atomic mass is 10.0. The summed E-state index contributed by atoms with van der Waals surface area (Å²) < 4.78 is 44.8. The van der Waals surface area contributed by atoms with Crippen molar-refractivity contribution in [2.24, 2.45) is 5.92 Å². The number of anilines is 1. The van der Waals surface area contributed by atoms with Crippen molar-refractivity contribution in [2.45, 2.75) is 93.2 Å². The molecule has 2 aliphatic carbocycles. The van der Waals surface area contributed by atoms with E-state index in [9.17, 15) is 22.8 Å². The van der Waals surface area contributed by atoms with E-state index in [-0.39, 0.29) is 31.4 Å². The number of amides is 3. The predicted octanol–water partition coefficient (Wildman–Crippen LogP) is 4.06. The zero-order valence-corrected chi connectivity index (χ0v) is 29.0. The van der Waals surface area contributed by atoms with E-state index in [0.717, 1.165) is 25.7 Å². The molecule has 4 aliphatic rings. The summed E-state index contributed by atoms with van der Waals surface area (Å²) in [5, 5.41) is 6.29. The van der Waals surface area contributed by atoms with Crippen molar-refractivity contribution in [1.29, 1.82) is 0 Å². The maximum absolute atomic E-state index is 14.5. The van der Waals surface area contributed by atoms with E-state index in [2.05, 4.69) is 20.3 Å². The maximum atomic E-state index is 14.5. The number of hydrogen-bond donors (Lipinski definition) is 3. The molecule has 1 aromatic heterocycles. The first-order chi connectivity index (χ1) is 24.0. The number of hydrogen-bond acceptors (Lipinski definition) is 10. The van der Waals surface area contributed by atoms with Crippen molar-refractivity contribution in [3.63, 3.8) is 0 Å². The molecule has 266 valence electrons. The molecular formula is C36H43N5O8S. The van der Waals surface area contributed by atoms with Crippen LogP contribution in [0, 0.1) is 5.92 Å². The summed E-state index contributed by atoms with van der Waals surface area (Å²) in [4.78, 5) is 48.5. The fourth-order valence-electron chi connectivity index (χ4n) is 6.90. The average molecular weight is 706 g/mol. The number of methoxy groups -OCH3 is 1. The number of aromatic nitrogens is 1. The summed E-state index contributed by atoms with van der Waals surface area (Å²) in [6.07, 6.45) is 8.33. The Kier molecular flexibility index (Phi) is 8.99. The zero-order valence-electron chi connectivity index (χ0n) is 28.2. The fraction of sp³-hybridized carbons (Fsp3) is 0.500. The van der Waals surface area contributed by atoms with Gasteiger partial charge < -0.3 is 29.4 Å². The second-order valence-corrected chi connectivity index (χ2v) is 16.3. The van der Waals surface area contributed by atoms with Crippen molar-refractivity contribution in [3.05, 3.63) is 60.7 Å². The van der Waals surface area contributed by atoms with E-state index < -0.39 is 56.2 Å². The molecule has 1 saturated heterocycles. The Bertz CT molecular complexity index is 1890. The van der Waals surface area contributed by atoms with Gasteiger partial charge in [-0.15, -0.1) is 0 Å². The molecule has 0 unspecified atom stereocenters. The minimum atomic E-state index is -3.95. The molecule has 50 heavy (non-hydrogen) atoms. The highest BCUT2D eigenvalue weighted by Gasteiger charge is 2.63. The summed E-state index contributed by atoms with van der Waals surface area (Å²) in [6, 6.07) is 12.9. The molecule has 7 rings (SSSR count). The van der Waals surface area contributed by atoms with E-state index in [4.69, 9.17) is 13.9 Å². The van der Waals surface area contributed by atoms with Gasteiger partial charge in [-0.3, -0.25) is 19.1 Å². The van der Waals surface area contributed by atoms with Crippen molar-refractivity contribution in [3.8, 4) is 11.8 Å². The van der Waals surface area contributed by atoms with Gasteiger partial charge in [0.25, 0.3) is 5.91 Å². The van der Waals surface area contributed by atoms with Crippen LogP contribution in [0.5, 0.6) is 11.8 Å². The fourth-order valence-corrected chi connectivity index (χ4v) is 8.22. The van der Waals surface area contributed by atoms with Crippen LogP contribution in [0.3, 0.4) is 0 Å². The third-order valence-corrected chi connectivity index (χ3v) is 12.6. The minimum absolute atomic E-state index is 0.0277. The van der Waals surface area contributed by atoms with Crippen LogP contribution >= 0.6 is 0 Å². The second kappa shape index (κ2) is 13.3. The Balaban J connectivity index is 1.18. The van der Waals surface area contributed by atoms with Crippen LogP contribution in [0.25, 0.3) is 11.1 Å². The van der Waals surface area contributed by atoms with Crippen LogP contribution < -0.4 is 24.8 Å². The van der Waals surface area contributed by atoms with Crippen molar-refractivity contribution < 1.29 is 36.7 Å². The zero-order chi connectivity index (χ0) is 35.1. The first kappa shape index (κ1) is 33.9. The van der Waals surface area contributed by atoms with Gasteiger partial charge in [0.1, 0.15) is 35.0 Å². The van der Waals surface area contributed by atoms with Crippen molar-refractivity contribution >= 4 is 44.5 Å². The molecule has 2 aromatic carbocycles. The number of ether oxygens (including phenoxy) is 2. The van der Waals surface area contributed by atoms with E-state index in [1.165, 1.54) is 4.90 Å². The van der Waals surface area contributed by atoms with Gasteiger partial charge in [0.05, 0.1) is 18.4 Å². The van der Waals surface area contributed by atoms with E-state index in [0.29, 0.717) is 41.8 Å². The summed E-state index contributed by atoms with van der Waals surface area (Å²) in [5.74, 6) is -1.36. The highest BCUT2D eigenvalue weighted by atomic mass is 32.2. The Morgan fingerprint density at radius 2 is 1.92 bits per heavy atom. The van der Waals surface area contributed by atoms with E-state index >= 15 is 0 Å². The SMILES string of the molecule is COc1cccc(N[C@H]2CCCCC/C=C\[C@@H]3C[C@@]3(C(=O)NS(=O)(=O)C3(C)CC3)NC(=O)[C@@H]3C[C@@H](Oc4nc5ccccc5o4)CN3C2=O)c1. The lowest BCUT2D eigenvalue weighted by molar-refractivity contribution is -0.140. The number of oxazole rings is 1. The van der Waals surface area contributed by atoms with Crippen molar-refractivity contribution in [2.75, 3.05) is 19.0 Å². The van der Waals surface area contributed by atoms with Gasteiger partial charge in [0, 0.05) is 24.1 Å². The molecule has 13 nitrogen and oxygen atoms in total.